The summed E-state index contributed by atoms with van der Waals surface area (Å²) >= 11 is 0. The van der Waals surface area contributed by atoms with Gasteiger partial charge >= 0.3 is 0 Å². The summed E-state index contributed by atoms with van der Waals surface area (Å²) < 4.78 is 0. The van der Waals surface area contributed by atoms with Crippen molar-refractivity contribution in [2.24, 2.45) is 11.8 Å². The largest absolute Gasteiger partial charge is 0.309 e. The number of hydrogen-bond acceptors (Lipinski definition) is 2. The Bertz CT molecular complexity index is 588. The van der Waals surface area contributed by atoms with Crippen LogP contribution in [0, 0.1) is 11.8 Å². The minimum atomic E-state index is 0.392. The van der Waals surface area contributed by atoms with Crippen LogP contribution in [-0.2, 0) is 0 Å². The van der Waals surface area contributed by atoms with Gasteiger partial charge in [-0.05, 0) is 42.7 Å². The Morgan fingerprint density at radius 3 is 2.90 bits per heavy atom. The molecular formula is C19H26N2. The first-order valence-electron chi connectivity index (χ1n) is 8.36. The van der Waals surface area contributed by atoms with E-state index in [4.69, 9.17) is 4.98 Å². The van der Waals surface area contributed by atoms with E-state index in [1.807, 2.05) is 6.20 Å². The van der Waals surface area contributed by atoms with Gasteiger partial charge in [-0.2, -0.15) is 0 Å². The van der Waals surface area contributed by atoms with Crippen molar-refractivity contribution in [3.8, 4) is 0 Å². The monoisotopic (exact) mass is 282 g/mol. The van der Waals surface area contributed by atoms with Crippen LogP contribution in [0.2, 0.25) is 0 Å². The lowest BCUT2D eigenvalue weighted by Crippen LogP contribution is -2.32. The first kappa shape index (κ1) is 14.5. The SMILES string of the molecule is CCNC(c1nccc2ccccc12)C1CCCC(C)C1. The maximum atomic E-state index is 4.76. The predicted molar refractivity (Wildman–Crippen MR) is 89.3 cm³/mol. The van der Waals surface area contributed by atoms with Gasteiger partial charge in [-0.1, -0.05) is 51.0 Å². The van der Waals surface area contributed by atoms with Gasteiger partial charge in [-0.25, -0.2) is 0 Å². The molecule has 1 aromatic heterocycles. The molecule has 112 valence electrons. The van der Waals surface area contributed by atoms with Crippen LogP contribution in [0.25, 0.3) is 10.8 Å². The van der Waals surface area contributed by atoms with E-state index in [-0.39, 0.29) is 0 Å². The first-order chi connectivity index (χ1) is 10.3. The van der Waals surface area contributed by atoms with Crippen molar-refractivity contribution < 1.29 is 0 Å². The normalized spacial score (nSPS) is 24.1. The minimum Gasteiger partial charge on any atom is -0.309 e. The Labute approximate surface area is 128 Å². The van der Waals surface area contributed by atoms with Gasteiger partial charge in [0.2, 0.25) is 0 Å². The molecule has 3 rings (SSSR count). The first-order valence-corrected chi connectivity index (χ1v) is 8.36. The third-order valence-electron chi connectivity index (χ3n) is 4.87. The number of pyridine rings is 1. The molecule has 1 fully saturated rings. The molecule has 2 nitrogen and oxygen atoms in total. The second-order valence-electron chi connectivity index (χ2n) is 6.48. The van der Waals surface area contributed by atoms with Crippen molar-refractivity contribution in [1.82, 2.24) is 10.3 Å². The van der Waals surface area contributed by atoms with Gasteiger partial charge in [0.15, 0.2) is 0 Å². The molecule has 0 bridgehead atoms. The Kier molecular flexibility index (Phi) is 4.54. The van der Waals surface area contributed by atoms with Gasteiger partial charge in [0.1, 0.15) is 0 Å². The summed E-state index contributed by atoms with van der Waals surface area (Å²) in [5.41, 5.74) is 1.24. The summed E-state index contributed by atoms with van der Waals surface area (Å²) in [6.07, 6.45) is 7.36. The Hall–Kier alpha value is -1.41. The number of aromatic nitrogens is 1. The summed E-state index contributed by atoms with van der Waals surface area (Å²) in [6, 6.07) is 11.1. The van der Waals surface area contributed by atoms with Crippen LogP contribution in [0.5, 0.6) is 0 Å². The quantitative estimate of drug-likeness (QED) is 0.878. The van der Waals surface area contributed by atoms with Crippen LogP contribution < -0.4 is 5.32 Å². The molecule has 2 aromatic rings. The molecule has 2 heteroatoms. The fourth-order valence-electron chi connectivity index (χ4n) is 3.88. The van der Waals surface area contributed by atoms with Crippen LogP contribution in [0.4, 0.5) is 0 Å². The number of benzene rings is 1. The van der Waals surface area contributed by atoms with Crippen LogP contribution >= 0.6 is 0 Å². The molecule has 21 heavy (non-hydrogen) atoms. The van der Waals surface area contributed by atoms with E-state index in [9.17, 15) is 0 Å². The smallest absolute Gasteiger partial charge is 0.0654 e. The maximum Gasteiger partial charge on any atom is 0.0654 e. The number of nitrogens with one attached hydrogen (secondary N) is 1. The molecule has 1 aliphatic rings. The predicted octanol–water partition coefficient (Wildman–Crippen LogP) is 4.71. The van der Waals surface area contributed by atoms with Crippen LogP contribution in [0.1, 0.15) is 51.3 Å². The molecular weight excluding hydrogens is 256 g/mol. The van der Waals surface area contributed by atoms with Crippen LogP contribution in [0.3, 0.4) is 0 Å². The van der Waals surface area contributed by atoms with E-state index in [2.05, 4.69) is 49.5 Å². The van der Waals surface area contributed by atoms with Gasteiger partial charge in [0, 0.05) is 11.6 Å². The Morgan fingerprint density at radius 1 is 1.24 bits per heavy atom. The Balaban J connectivity index is 1.98. The van der Waals surface area contributed by atoms with Gasteiger partial charge in [0.05, 0.1) is 11.7 Å². The number of rotatable bonds is 4. The lowest BCUT2D eigenvalue weighted by molar-refractivity contribution is 0.223. The zero-order valence-corrected chi connectivity index (χ0v) is 13.2. The standard InChI is InChI=1S/C19H26N2/c1-3-20-18(16-9-6-7-14(2)13-16)19-17-10-5-4-8-15(17)11-12-21-19/h4-5,8,10-12,14,16,18,20H,3,6-7,9,13H2,1-2H3. The summed E-state index contributed by atoms with van der Waals surface area (Å²) in [6.45, 7) is 5.59. The Morgan fingerprint density at radius 2 is 2.10 bits per heavy atom. The fraction of sp³-hybridized carbons (Fsp3) is 0.526. The highest BCUT2D eigenvalue weighted by molar-refractivity contribution is 5.84. The van der Waals surface area contributed by atoms with Gasteiger partial charge < -0.3 is 5.32 Å². The fourth-order valence-corrected chi connectivity index (χ4v) is 3.88. The van der Waals surface area contributed by atoms with Crippen LogP contribution in [0.15, 0.2) is 36.5 Å². The third-order valence-corrected chi connectivity index (χ3v) is 4.87. The molecule has 1 N–H and O–H groups in total. The number of hydrogen-bond donors (Lipinski definition) is 1. The van der Waals surface area contributed by atoms with E-state index < -0.39 is 0 Å². The van der Waals surface area contributed by atoms with E-state index in [1.54, 1.807) is 0 Å². The van der Waals surface area contributed by atoms with Crippen molar-refractivity contribution >= 4 is 10.8 Å². The highest BCUT2D eigenvalue weighted by atomic mass is 14.9. The van der Waals surface area contributed by atoms with Gasteiger partial charge in [-0.15, -0.1) is 0 Å². The minimum absolute atomic E-state index is 0.392. The molecule has 1 heterocycles. The van der Waals surface area contributed by atoms with Gasteiger partial charge in [0.25, 0.3) is 0 Å². The molecule has 0 saturated heterocycles. The lowest BCUT2D eigenvalue weighted by atomic mass is 9.77. The zero-order chi connectivity index (χ0) is 14.7. The summed E-state index contributed by atoms with van der Waals surface area (Å²) in [5.74, 6) is 1.56. The average molecular weight is 282 g/mol. The molecule has 3 unspecified atom stereocenters. The van der Waals surface area contributed by atoms with Gasteiger partial charge in [-0.3, -0.25) is 4.98 Å². The highest BCUT2D eigenvalue weighted by Gasteiger charge is 2.29. The van der Waals surface area contributed by atoms with Crippen molar-refractivity contribution in [2.45, 2.75) is 45.6 Å². The second-order valence-corrected chi connectivity index (χ2v) is 6.48. The van der Waals surface area contributed by atoms with Crippen molar-refractivity contribution in [3.63, 3.8) is 0 Å². The molecule has 1 aliphatic carbocycles. The van der Waals surface area contributed by atoms with Crippen molar-refractivity contribution in [1.29, 1.82) is 0 Å². The highest BCUT2D eigenvalue weighted by Crippen LogP contribution is 2.38. The van der Waals surface area contributed by atoms with E-state index in [1.165, 1.54) is 42.1 Å². The molecule has 3 atom stereocenters. The summed E-state index contributed by atoms with van der Waals surface area (Å²) in [7, 11) is 0. The van der Waals surface area contributed by atoms with Crippen molar-refractivity contribution in [3.05, 3.63) is 42.2 Å². The summed E-state index contributed by atoms with van der Waals surface area (Å²) in [5, 5.41) is 6.33. The number of fused-ring (bicyclic) bond motifs is 1. The maximum absolute atomic E-state index is 4.76. The molecule has 1 aromatic carbocycles. The summed E-state index contributed by atoms with van der Waals surface area (Å²) in [4.78, 5) is 4.76. The van der Waals surface area contributed by atoms with E-state index >= 15 is 0 Å². The third kappa shape index (κ3) is 3.11. The molecule has 0 radical (unpaired) electrons. The average Bonchev–Trinajstić information content (AvgIpc) is 2.52. The molecule has 0 amide bonds. The molecule has 1 saturated carbocycles. The lowest BCUT2D eigenvalue weighted by Gasteiger charge is -2.34. The zero-order valence-electron chi connectivity index (χ0n) is 13.2. The number of nitrogens with zero attached hydrogens (tertiary/aromatic N) is 1. The second kappa shape index (κ2) is 6.57. The van der Waals surface area contributed by atoms with Crippen LogP contribution in [-0.4, -0.2) is 11.5 Å². The molecule has 0 spiro atoms. The molecule has 0 aliphatic heterocycles. The van der Waals surface area contributed by atoms with Crippen molar-refractivity contribution in [2.75, 3.05) is 6.54 Å². The van der Waals surface area contributed by atoms with E-state index in [0.29, 0.717) is 12.0 Å². The topological polar surface area (TPSA) is 24.9 Å². The van der Waals surface area contributed by atoms with E-state index in [0.717, 1.165) is 12.5 Å².